The molecule has 0 saturated carbocycles. The van der Waals surface area contributed by atoms with Gasteiger partial charge in [0, 0.05) is 13.0 Å². The number of aliphatic hydroxyl groups excluding tert-OH is 1. The molecule has 0 bridgehead atoms. The normalized spacial score (nSPS) is 22.4. The first-order chi connectivity index (χ1) is 8.18. The fourth-order valence-corrected chi connectivity index (χ4v) is 2.33. The lowest BCUT2D eigenvalue weighted by Gasteiger charge is -2.27. The molecule has 2 nitrogen and oxygen atoms in total. The zero-order chi connectivity index (χ0) is 12.3. The van der Waals surface area contributed by atoms with Crippen molar-refractivity contribution in [3.05, 3.63) is 34.6 Å². The third-order valence-corrected chi connectivity index (χ3v) is 3.40. The second-order valence-corrected chi connectivity index (χ2v) is 4.80. The molecule has 2 rings (SSSR count). The maximum atomic E-state index is 13.6. The Morgan fingerprint density at radius 1 is 1.47 bits per heavy atom. The minimum atomic E-state index is -0.664. The van der Waals surface area contributed by atoms with Crippen molar-refractivity contribution >= 4 is 11.6 Å². The molecule has 1 aliphatic heterocycles. The van der Waals surface area contributed by atoms with Gasteiger partial charge in [0.15, 0.2) is 0 Å². The molecule has 0 aliphatic carbocycles. The summed E-state index contributed by atoms with van der Waals surface area (Å²) >= 11 is 5.70. The summed E-state index contributed by atoms with van der Waals surface area (Å²) in [5.41, 5.74) is 0.444. The van der Waals surface area contributed by atoms with Crippen LogP contribution in [0.25, 0.3) is 0 Å². The van der Waals surface area contributed by atoms with Gasteiger partial charge in [-0.2, -0.15) is 0 Å². The monoisotopic (exact) mass is 258 g/mol. The smallest absolute Gasteiger partial charge is 0.145 e. The summed E-state index contributed by atoms with van der Waals surface area (Å²) in [4.78, 5) is 0. The fourth-order valence-electron chi connectivity index (χ4n) is 2.13. The van der Waals surface area contributed by atoms with Gasteiger partial charge in [0.25, 0.3) is 0 Å². The maximum absolute atomic E-state index is 13.6. The van der Waals surface area contributed by atoms with Crippen LogP contribution in [0.2, 0.25) is 5.02 Å². The molecule has 1 N–H and O–H groups in total. The van der Waals surface area contributed by atoms with Crippen molar-refractivity contribution in [3.8, 4) is 0 Å². The lowest BCUT2D eigenvalue weighted by Crippen LogP contribution is -2.33. The molecule has 94 valence electrons. The maximum Gasteiger partial charge on any atom is 0.145 e. The van der Waals surface area contributed by atoms with Gasteiger partial charge in [-0.1, -0.05) is 23.7 Å². The van der Waals surface area contributed by atoms with Crippen molar-refractivity contribution < 1.29 is 14.2 Å². The van der Waals surface area contributed by atoms with Crippen LogP contribution in [0.5, 0.6) is 0 Å². The van der Waals surface area contributed by atoms with Gasteiger partial charge in [0.2, 0.25) is 0 Å². The Morgan fingerprint density at radius 3 is 3.00 bits per heavy atom. The number of halogens is 2. The van der Waals surface area contributed by atoms with Crippen LogP contribution in [0.15, 0.2) is 18.2 Å². The highest BCUT2D eigenvalue weighted by atomic mass is 35.5. The van der Waals surface area contributed by atoms with Crippen LogP contribution in [0, 0.1) is 5.82 Å². The molecule has 4 heteroatoms. The van der Waals surface area contributed by atoms with Crippen molar-refractivity contribution in [2.24, 2.45) is 0 Å². The second kappa shape index (κ2) is 5.80. The minimum absolute atomic E-state index is 0.0965. The van der Waals surface area contributed by atoms with Crippen molar-refractivity contribution in [3.63, 3.8) is 0 Å². The van der Waals surface area contributed by atoms with Gasteiger partial charge in [-0.05, 0) is 30.9 Å². The molecule has 2 unspecified atom stereocenters. The topological polar surface area (TPSA) is 29.5 Å². The predicted octanol–water partition coefficient (Wildman–Crippen LogP) is 2.95. The Bertz CT molecular complexity index is 378. The summed E-state index contributed by atoms with van der Waals surface area (Å²) < 4.78 is 19.1. The Balaban J connectivity index is 2.01. The number of rotatable bonds is 3. The zero-order valence-corrected chi connectivity index (χ0v) is 10.3. The highest BCUT2D eigenvalue weighted by molar-refractivity contribution is 6.30. The van der Waals surface area contributed by atoms with Crippen LogP contribution < -0.4 is 0 Å². The number of hydrogen-bond donors (Lipinski definition) is 1. The number of benzene rings is 1. The molecule has 1 fully saturated rings. The molecule has 2 atom stereocenters. The van der Waals surface area contributed by atoms with Crippen molar-refractivity contribution in [1.29, 1.82) is 0 Å². The van der Waals surface area contributed by atoms with Crippen LogP contribution in [-0.4, -0.2) is 23.9 Å². The molecule has 0 spiro atoms. The van der Waals surface area contributed by atoms with Gasteiger partial charge >= 0.3 is 0 Å². The largest absolute Gasteiger partial charge is 0.390 e. The van der Waals surface area contributed by atoms with E-state index in [0.29, 0.717) is 12.2 Å². The molecule has 1 saturated heterocycles. The number of aliphatic hydroxyl groups is 1. The average molecular weight is 259 g/mol. The van der Waals surface area contributed by atoms with Crippen molar-refractivity contribution in [2.45, 2.75) is 37.9 Å². The van der Waals surface area contributed by atoms with E-state index in [9.17, 15) is 9.50 Å². The van der Waals surface area contributed by atoms with Crippen LogP contribution in [0.1, 0.15) is 24.8 Å². The molecule has 1 heterocycles. The lowest BCUT2D eigenvalue weighted by atomic mass is 9.98. The molecule has 0 aromatic heterocycles. The fraction of sp³-hybridized carbons (Fsp3) is 0.538. The molecule has 1 aliphatic rings. The summed E-state index contributed by atoms with van der Waals surface area (Å²) in [6.07, 6.45) is 2.33. The highest BCUT2D eigenvalue weighted by Gasteiger charge is 2.23. The van der Waals surface area contributed by atoms with E-state index in [4.69, 9.17) is 16.3 Å². The zero-order valence-electron chi connectivity index (χ0n) is 9.53. The molecule has 0 radical (unpaired) electrons. The lowest BCUT2D eigenvalue weighted by molar-refractivity contribution is -0.0613. The Hall–Kier alpha value is -0.640. The van der Waals surface area contributed by atoms with E-state index in [1.54, 1.807) is 12.1 Å². The van der Waals surface area contributed by atoms with E-state index in [1.807, 2.05) is 0 Å². The van der Waals surface area contributed by atoms with Crippen molar-refractivity contribution in [2.75, 3.05) is 6.61 Å². The van der Waals surface area contributed by atoms with Crippen LogP contribution in [0.3, 0.4) is 0 Å². The van der Waals surface area contributed by atoms with E-state index in [-0.39, 0.29) is 17.5 Å². The van der Waals surface area contributed by atoms with Gasteiger partial charge in [-0.25, -0.2) is 4.39 Å². The third kappa shape index (κ3) is 3.18. The molecule has 1 aromatic rings. The van der Waals surface area contributed by atoms with Gasteiger partial charge < -0.3 is 9.84 Å². The number of ether oxygens (including phenoxy) is 1. The first-order valence-corrected chi connectivity index (χ1v) is 6.29. The molecule has 17 heavy (non-hydrogen) atoms. The third-order valence-electron chi connectivity index (χ3n) is 3.10. The standard InChI is InChI=1S/C13H16ClFO2/c14-10-5-3-4-9(13(10)15)8-11(16)12-6-1-2-7-17-12/h3-5,11-12,16H,1-2,6-8H2. The van der Waals surface area contributed by atoms with E-state index in [2.05, 4.69) is 0 Å². The summed E-state index contributed by atoms with van der Waals surface area (Å²) in [7, 11) is 0. The summed E-state index contributed by atoms with van der Waals surface area (Å²) in [6, 6.07) is 4.84. The summed E-state index contributed by atoms with van der Waals surface area (Å²) in [5, 5.41) is 10.1. The van der Waals surface area contributed by atoms with Gasteiger partial charge in [0.1, 0.15) is 5.82 Å². The SMILES string of the molecule is OC(Cc1cccc(Cl)c1F)C1CCCCO1. The van der Waals surface area contributed by atoms with Crippen LogP contribution >= 0.6 is 11.6 Å². The van der Waals surface area contributed by atoms with Crippen LogP contribution in [0.4, 0.5) is 4.39 Å². The van der Waals surface area contributed by atoms with E-state index in [0.717, 1.165) is 19.3 Å². The van der Waals surface area contributed by atoms with Crippen LogP contribution in [-0.2, 0) is 11.2 Å². The first kappa shape index (κ1) is 12.8. The molecule has 0 amide bonds. The number of hydrogen-bond acceptors (Lipinski definition) is 2. The van der Waals surface area contributed by atoms with Gasteiger partial charge in [0.05, 0.1) is 17.2 Å². The van der Waals surface area contributed by atoms with E-state index < -0.39 is 11.9 Å². The van der Waals surface area contributed by atoms with Gasteiger partial charge in [-0.15, -0.1) is 0 Å². The minimum Gasteiger partial charge on any atom is -0.390 e. The molecular weight excluding hydrogens is 243 g/mol. The Kier molecular flexibility index (Phi) is 4.37. The predicted molar refractivity (Wildman–Crippen MR) is 64.7 cm³/mol. The molecule has 1 aromatic carbocycles. The first-order valence-electron chi connectivity index (χ1n) is 5.91. The molecular formula is C13H16ClFO2. The summed E-state index contributed by atoms with van der Waals surface area (Å²) in [6.45, 7) is 0.680. The van der Waals surface area contributed by atoms with E-state index in [1.165, 1.54) is 6.07 Å². The van der Waals surface area contributed by atoms with Gasteiger partial charge in [-0.3, -0.25) is 0 Å². The quantitative estimate of drug-likeness (QED) is 0.903. The second-order valence-electron chi connectivity index (χ2n) is 4.39. The highest BCUT2D eigenvalue weighted by Crippen LogP contribution is 2.22. The Labute approximate surface area is 105 Å². The average Bonchev–Trinajstić information content (AvgIpc) is 2.36. The van der Waals surface area contributed by atoms with E-state index >= 15 is 0 Å². The summed E-state index contributed by atoms with van der Waals surface area (Å²) in [5.74, 6) is -0.441. The van der Waals surface area contributed by atoms with Crippen molar-refractivity contribution in [1.82, 2.24) is 0 Å². The Morgan fingerprint density at radius 2 is 2.29 bits per heavy atom.